The highest BCUT2D eigenvalue weighted by molar-refractivity contribution is 5.89. The second-order valence-electron chi connectivity index (χ2n) is 8.33. The predicted molar refractivity (Wildman–Crippen MR) is 91.8 cm³/mol. The number of nitrogens with zero attached hydrogens (tertiary/aromatic N) is 3. The molecule has 0 aromatic carbocycles. The molecule has 0 unspecified atom stereocenters. The second-order valence-corrected chi connectivity index (χ2v) is 8.33. The smallest absolute Gasteiger partial charge is 0.323 e. The Balaban J connectivity index is 2.27. The minimum Gasteiger partial charge on any atom is -0.395 e. The Morgan fingerprint density at radius 2 is 1.96 bits per heavy atom. The Kier molecular flexibility index (Phi) is 4.76. The van der Waals surface area contributed by atoms with Crippen molar-refractivity contribution in [3.05, 3.63) is 11.8 Å². The van der Waals surface area contributed by atoms with Crippen molar-refractivity contribution >= 4 is 11.8 Å². The van der Waals surface area contributed by atoms with Crippen LogP contribution in [-0.4, -0.2) is 45.0 Å². The molecule has 2 N–H and O–H groups in total. The van der Waals surface area contributed by atoms with Crippen LogP contribution in [0.4, 0.5) is 10.6 Å². The van der Waals surface area contributed by atoms with E-state index in [4.69, 9.17) is 5.10 Å². The standard InChI is InChI=1S/C17H30N4O2/c1-16(2,3)13-11-14(21(19-13)17(4,5)6)18-15(23)20(9-10-22)12-7-8-12/h11-12,22H,7-10H2,1-6H3,(H,18,23). The van der Waals surface area contributed by atoms with Gasteiger partial charge < -0.3 is 10.0 Å². The van der Waals surface area contributed by atoms with Crippen LogP contribution in [0.1, 0.15) is 60.1 Å². The zero-order valence-corrected chi connectivity index (χ0v) is 15.2. The lowest BCUT2D eigenvalue weighted by atomic mass is 9.92. The number of urea groups is 1. The third kappa shape index (κ3) is 4.25. The molecule has 130 valence electrons. The van der Waals surface area contributed by atoms with Crippen LogP contribution in [0.15, 0.2) is 6.07 Å². The number of aromatic nitrogens is 2. The second kappa shape index (κ2) is 6.15. The van der Waals surface area contributed by atoms with Crippen LogP contribution in [0.2, 0.25) is 0 Å². The fraction of sp³-hybridized carbons (Fsp3) is 0.765. The van der Waals surface area contributed by atoms with Gasteiger partial charge in [0.15, 0.2) is 0 Å². The summed E-state index contributed by atoms with van der Waals surface area (Å²) in [5.41, 5.74) is 0.632. The van der Waals surface area contributed by atoms with Gasteiger partial charge in [0.25, 0.3) is 0 Å². The first-order valence-corrected chi connectivity index (χ1v) is 8.33. The molecule has 6 heteroatoms. The highest BCUT2D eigenvalue weighted by Crippen LogP contribution is 2.30. The van der Waals surface area contributed by atoms with E-state index in [0.29, 0.717) is 12.4 Å². The fourth-order valence-corrected chi connectivity index (χ4v) is 2.47. The van der Waals surface area contributed by atoms with Crippen molar-refractivity contribution < 1.29 is 9.90 Å². The summed E-state index contributed by atoms with van der Waals surface area (Å²) in [7, 11) is 0. The van der Waals surface area contributed by atoms with Crippen molar-refractivity contribution in [2.45, 2.75) is 71.4 Å². The predicted octanol–water partition coefficient (Wildman–Crippen LogP) is 2.92. The van der Waals surface area contributed by atoms with Gasteiger partial charge in [-0.1, -0.05) is 20.8 Å². The van der Waals surface area contributed by atoms with Crippen LogP contribution in [-0.2, 0) is 11.0 Å². The number of aliphatic hydroxyl groups excluding tert-OH is 1. The topological polar surface area (TPSA) is 70.4 Å². The third-order valence-electron chi connectivity index (χ3n) is 3.94. The largest absolute Gasteiger partial charge is 0.395 e. The van der Waals surface area contributed by atoms with E-state index in [2.05, 4.69) is 46.9 Å². The minimum absolute atomic E-state index is 0.0182. The lowest BCUT2D eigenvalue weighted by Crippen LogP contribution is -2.39. The Bertz CT molecular complexity index is 562. The molecule has 2 rings (SSSR count). The zero-order chi connectivity index (χ0) is 17.4. The molecule has 2 amide bonds. The molecule has 1 heterocycles. The van der Waals surface area contributed by atoms with E-state index in [1.165, 1.54) is 0 Å². The Labute approximate surface area is 138 Å². The molecule has 1 saturated carbocycles. The van der Waals surface area contributed by atoms with Gasteiger partial charge in [0, 0.05) is 24.1 Å². The van der Waals surface area contributed by atoms with Gasteiger partial charge in [-0.25, -0.2) is 9.48 Å². The number of amides is 2. The molecule has 0 spiro atoms. The van der Waals surface area contributed by atoms with Crippen LogP contribution in [0.25, 0.3) is 0 Å². The van der Waals surface area contributed by atoms with Gasteiger partial charge in [0.2, 0.25) is 0 Å². The number of anilines is 1. The molecule has 1 fully saturated rings. The van der Waals surface area contributed by atoms with E-state index in [-0.39, 0.29) is 29.6 Å². The molecular weight excluding hydrogens is 292 g/mol. The average Bonchev–Trinajstić information content (AvgIpc) is 3.12. The molecule has 0 radical (unpaired) electrons. The van der Waals surface area contributed by atoms with E-state index in [1.807, 2.05) is 10.7 Å². The van der Waals surface area contributed by atoms with E-state index in [0.717, 1.165) is 18.5 Å². The van der Waals surface area contributed by atoms with Gasteiger partial charge in [0.1, 0.15) is 5.82 Å². The zero-order valence-electron chi connectivity index (χ0n) is 15.2. The number of hydrogen-bond donors (Lipinski definition) is 2. The van der Waals surface area contributed by atoms with Gasteiger partial charge in [-0.2, -0.15) is 5.10 Å². The SMILES string of the molecule is CC(C)(C)c1cc(NC(=O)N(CCO)C2CC2)n(C(C)(C)C)n1. The van der Waals surface area contributed by atoms with Crippen LogP contribution in [0.3, 0.4) is 0 Å². The van der Waals surface area contributed by atoms with Gasteiger partial charge in [-0.3, -0.25) is 5.32 Å². The summed E-state index contributed by atoms with van der Waals surface area (Å²) in [6.45, 7) is 12.9. The fourth-order valence-electron chi connectivity index (χ4n) is 2.47. The van der Waals surface area contributed by atoms with E-state index in [1.54, 1.807) is 4.90 Å². The Hall–Kier alpha value is -1.56. The molecule has 1 aliphatic rings. The molecule has 0 saturated heterocycles. The van der Waals surface area contributed by atoms with E-state index >= 15 is 0 Å². The minimum atomic E-state index is -0.229. The molecule has 0 bridgehead atoms. The average molecular weight is 322 g/mol. The van der Waals surface area contributed by atoms with Gasteiger partial charge >= 0.3 is 6.03 Å². The number of carbonyl (C=O) groups excluding carboxylic acids is 1. The summed E-state index contributed by atoms with van der Waals surface area (Å²) < 4.78 is 1.87. The molecule has 6 nitrogen and oxygen atoms in total. The summed E-state index contributed by atoms with van der Waals surface area (Å²) in [6, 6.07) is 2.05. The lowest BCUT2D eigenvalue weighted by Gasteiger charge is -2.25. The molecule has 1 aliphatic carbocycles. The highest BCUT2D eigenvalue weighted by Gasteiger charge is 2.33. The Morgan fingerprint density at radius 1 is 1.35 bits per heavy atom. The molecule has 1 aromatic rings. The lowest BCUT2D eigenvalue weighted by molar-refractivity contribution is 0.184. The molecule has 0 atom stereocenters. The van der Waals surface area contributed by atoms with Crippen molar-refractivity contribution in [3.8, 4) is 0 Å². The van der Waals surface area contributed by atoms with Crippen molar-refractivity contribution in [1.82, 2.24) is 14.7 Å². The van der Waals surface area contributed by atoms with Crippen molar-refractivity contribution in [3.63, 3.8) is 0 Å². The number of carbonyl (C=O) groups is 1. The first kappa shape index (κ1) is 17.8. The van der Waals surface area contributed by atoms with Gasteiger partial charge in [-0.05, 0) is 33.6 Å². The summed E-state index contributed by atoms with van der Waals surface area (Å²) in [4.78, 5) is 14.3. The first-order valence-electron chi connectivity index (χ1n) is 8.33. The normalized spacial score (nSPS) is 15.6. The molecule has 0 aliphatic heterocycles. The van der Waals surface area contributed by atoms with Gasteiger partial charge in [0.05, 0.1) is 17.8 Å². The van der Waals surface area contributed by atoms with Crippen molar-refractivity contribution in [2.75, 3.05) is 18.5 Å². The number of rotatable bonds is 4. The maximum atomic E-state index is 12.6. The summed E-state index contributed by atoms with van der Waals surface area (Å²) in [5.74, 6) is 0.705. The third-order valence-corrected chi connectivity index (χ3v) is 3.94. The van der Waals surface area contributed by atoms with Crippen LogP contribution >= 0.6 is 0 Å². The molecule has 23 heavy (non-hydrogen) atoms. The maximum Gasteiger partial charge on any atom is 0.323 e. The molecule has 1 aromatic heterocycles. The maximum absolute atomic E-state index is 12.6. The number of hydrogen-bond acceptors (Lipinski definition) is 3. The summed E-state index contributed by atoms with van der Waals surface area (Å²) in [5, 5.41) is 16.9. The van der Waals surface area contributed by atoms with Crippen LogP contribution in [0, 0.1) is 0 Å². The van der Waals surface area contributed by atoms with Crippen LogP contribution in [0.5, 0.6) is 0 Å². The monoisotopic (exact) mass is 322 g/mol. The van der Waals surface area contributed by atoms with Gasteiger partial charge in [-0.15, -0.1) is 0 Å². The number of nitrogens with one attached hydrogen (secondary N) is 1. The van der Waals surface area contributed by atoms with Crippen molar-refractivity contribution in [1.29, 1.82) is 0 Å². The van der Waals surface area contributed by atoms with Crippen LogP contribution < -0.4 is 5.32 Å². The summed E-state index contributed by atoms with van der Waals surface area (Å²) >= 11 is 0. The Morgan fingerprint density at radius 3 is 2.39 bits per heavy atom. The quantitative estimate of drug-likeness (QED) is 0.895. The summed E-state index contributed by atoms with van der Waals surface area (Å²) in [6.07, 6.45) is 2.03. The van der Waals surface area contributed by atoms with E-state index < -0.39 is 0 Å². The number of aliphatic hydroxyl groups is 1. The van der Waals surface area contributed by atoms with E-state index in [9.17, 15) is 9.90 Å². The molecular formula is C17H30N4O2. The van der Waals surface area contributed by atoms with Crippen molar-refractivity contribution in [2.24, 2.45) is 0 Å². The highest BCUT2D eigenvalue weighted by atomic mass is 16.3. The first-order chi connectivity index (χ1) is 10.5.